The standard InChI is InChI=1S/C19H30N2O2/c1-3-18(4-2,16-8-6-5-7-9-16)15-21-17(22)19(14-20)10-12-23-13-11-19/h5-9H,3-4,10-15,20H2,1-2H3,(H,21,22). The van der Waals surface area contributed by atoms with Crippen LogP contribution in [0.1, 0.15) is 45.1 Å². The van der Waals surface area contributed by atoms with Crippen LogP contribution in [0.4, 0.5) is 0 Å². The van der Waals surface area contributed by atoms with E-state index < -0.39 is 5.41 Å². The summed E-state index contributed by atoms with van der Waals surface area (Å²) >= 11 is 0. The molecule has 0 bridgehead atoms. The monoisotopic (exact) mass is 318 g/mol. The second kappa shape index (κ2) is 7.93. The minimum absolute atomic E-state index is 0.0160. The molecule has 0 spiro atoms. The van der Waals surface area contributed by atoms with Crippen LogP contribution >= 0.6 is 0 Å². The Hall–Kier alpha value is -1.39. The normalized spacial score (nSPS) is 17.7. The summed E-state index contributed by atoms with van der Waals surface area (Å²) in [5.74, 6) is 0.0884. The lowest BCUT2D eigenvalue weighted by atomic mass is 9.74. The number of rotatable bonds is 7. The molecule has 23 heavy (non-hydrogen) atoms. The highest BCUT2D eigenvalue weighted by molar-refractivity contribution is 5.83. The van der Waals surface area contributed by atoms with Crippen LogP contribution in [-0.4, -0.2) is 32.2 Å². The molecule has 0 unspecified atom stereocenters. The maximum absolute atomic E-state index is 12.8. The zero-order valence-corrected chi connectivity index (χ0v) is 14.4. The molecule has 1 aromatic carbocycles. The van der Waals surface area contributed by atoms with Crippen LogP contribution in [0.25, 0.3) is 0 Å². The quantitative estimate of drug-likeness (QED) is 0.812. The Morgan fingerprint density at radius 3 is 2.35 bits per heavy atom. The van der Waals surface area contributed by atoms with Crippen molar-refractivity contribution in [3.8, 4) is 0 Å². The third-order valence-corrected chi connectivity index (χ3v) is 5.65. The van der Waals surface area contributed by atoms with Crippen LogP contribution in [0.2, 0.25) is 0 Å². The third kappa shape index (κ3) is 3.75. The molecule has 1 amide bonds. The Labute approximate surface area is 139 Å². The molecule has 1 heterocycles. The number of carbonyl (C=O) groups excluding carboxylic acids is 1. The summed E-state index contributed by atoms with van der Waals surface area (Å²) in [5, 5.41) is 3.21. The first-order valence-electron chi connectivity index (χ1n) is 8.74. The molecule has 3 N–H and O–H groups in total. The molecular formula is C19H30N2O2. The topological polar surface area (TPSA) is 64.4 Å². The van der Waals surface area contributed by atoms with Gasteiger partial charge in [0.1, 0.15) is 0 Å². The van der Waals surface area contributed by atoms with Gasteiger partial charge in [-0.2, -0.15) is 0 Å². The Balaban J connectivity index is 2.11. The van der Waals surface area contributed by atoms with Gasteiger partial charge >= 0.3 is 0 Å². The van der Waals surface area contributed by atoms with Crippen molar-refractivity contribution in [1.82, 2.24) is 5.32 Å². The molecule has 1 saturated heterocycles. The smallest absolute Gasteiger partial charge is 0.227 e. The Morgan fingerprint density at radius 2 is 1.83 bits per heavy atom. The fraction of sp³-hybridized carbons (Fsp3) is 0.632. The van der Waals surface area contributed by atoms with Crippen LogP contribution in [0.15, 0.2) is 30.3 Å². The van der Waals surface area contributed by atoms with E-state index in [4.69, 9.17) is 10.5 Å². The molecule has 0 atom stereocenters. The summed E-state index contributed by atoms with van der Waals surface area (Å²) in [5.41, 5.74) is 6.76. The number of carbonyl (C=O) groups is 1. The van der Waals surface area contributed by atoms with E-state index in [-0.39, 0.29) is 11.3 Å². The molecule has 1 fully saturated rings. The van der Waals surface area contributed by atoms with E-state index in [0.29, 0.717) is 39.1 Å². The first kappa shape index (κ1) is 18.0. The second-order valence-corrected chi connectivity index (χ2v) is 6.63. The van der Waals surface area contributed by atoms with Crippen LogP contribution in [0.3, 0.4) is 0 Å². The predicted molar refractivity (Wildman–Crippen MR) is 93.3 cm³/mol. The Bertz CT molecular complexity index is 491. The summed E-state index contributed by atoms with van der Waals surface area (Å²) < 4.78 is 5.40. The number of nitrogens with two attached hydrogens (primary N) is 1. The number of hydrogen-bond donors (Lipinski definition) is 2. The van der Waals surface area contributed by atoms with E-state index in [1.54, 1.807) is 0 Å². The third-order valence-electron chi connectivity index (χ3n) is 5.65. The molecule has 1 aliphatic rings. The molecule has 0 aliphatic carbocycles. The molecule has 4 nitrogen and oxygen atoms in total. The van der Waals surface area contributed by atoms with E-state index in [0.717, 1.165) is 12.8 Å². The van der Waals surface area contributed by atoms with Crippen LogP contribution in [-0.2, 0) is 14.9 Å². The van der Waals surface area contributed by atoms with Gasteiger partial charge in [0.05, 0.1) is 5.41 Å². The molecule has 0 aromatic heterocycles. The number of benzene rings is 1. The summed E-state index contributed by atoms with van der Waals surface area (Å²) in [4.78, 5) is 12.8. The highest BCUT2D eigenvalue weighted by atomic mass is 16.5. The minimum Gasteiger partial charge on any atom is -0.381 e. The van der Waals surface area contributed by atoms with Crippen molar-refractivity contribution < 1.29 is 9.53 Å². The summed E-state index contributed by atoms with van der Waals surface area (Å²) in [6.07, 6.45) is 3.41. The van der Waals surface area contributed by atoms with Crippen molar-refractivity contribution in [3.63, 3.8) is 0 Å². The highest BCUT2D eigenvalue weighted by Crippen LogP contribution is 2.33. The number of hydrogen-bond acceptors (Lipinski definition) is 3. The van der Waals surface area contributed by atoms with Gasteiger partial charge in [0.2, 0.25) is 5.91 Å². The maximum Gasteiger partial charge on any atom is 0.227 e. The molecule has 4 heteroatoms. The highest BCUT2D eigenvalue weighted by Gasteiger charge is 2.40. The van der Waals surface area contributed by atoms with E-state index >= 15 is 0 Å². The lowest BCUT2D eigenvalue weighted by molar-refractivity contribution is -0.136. The number of nitrogens with one attached hydrogen (secondary N) is 1. The van der Waals surface area contributed by atoms with Crippen molar-refractivity contribution in [3.05, 3.63) is 35.9 Å². The average molecular weight is 318 g/mol. The van der Waals surface area contributed by atoms with Crippen molar-refractivity contribution in [2.45, 2.75) is 44.9 Å². The average Bonchev–Trinajstić information content (AvgIpc) is 2.64. The van der Waals surface area contributed by atoms with Crippen LogP contribution in [0.5, 0.6) is 0 Å². The van der Waals surface area contributed by atoms with Crippen molar-refractivity contribution in [2.24, 2.45) is 11.1 Å². The zero-order chi connectivity index (χ0) is 16.8. The summed E-state index contributed by atoms with van der Waals surface area (Å²) in [7, 11) is 0. The van der Waals surface area contributed by atoms with Gasteiger partial charge in [0.15, 0.2) is 0 Å². The molecule has 128 valence electrons. The largest absolute Gasteiger partial charge is 0.381 e. The van der Waals surface area contributed by atoms with Crippen molar-refractivity contribution >= 4 is 5.91 Å². The minimum atomic E-state index is -0.456. The van der Waals surface area contributed by atoms with E-state index in [2.05, 4.69) is 43.4 Å². The maximum atomic E-state index is 12.8. The first-order chi connectivity index (χ1) is 11.1. The number of amides is 1. The second-order valence-electron chi connectivity index (χ2n) is 6.63. The molecule has 0 saturated carbocycles. The zero-order valence-electron chi connectivity index (χ0n) is 14.4. The van der Waals surface area contributed by atoms with Gasteiger partial charge in [0.25, 0.3) is 0 Å². The van der Waals surface area contributed by atoms with Gasteiger partial charge in [0, 0.05) is 31.7 Å². The Kier molecular flexibility index (Phi) is 6.19. The predicted octanol–water partition coefficient (Wildman–Crippen LogP) is 2.62. The van der Waals surface area contributed by atoms with Gasteiger partial charge in [-0.15, -0.1) is 0 Å². The fourth-order valence-electron chi connectivity index (χ4n) is 3.53. The van der Waals surface area contributed by atoms with Gasteiger partial charge in [-0.05, 0) is 31.2 Å². The molecule has 1 aromatic rings. The van der Waals surface area contributed by atoms with Crippen molar-refractivity contribution in [1.29, 1.82) is 0 Å². The van der Waals surface area contributed by atoms with Crippen LogP contribution in [0, 0.1) is 5.41 Å². The van der Waals surface area contributed by atoms with E-state index in [1.807, 2.05) is 6.07 Å². The lowest BCUT2D eigenvalue weighted by Gasteiger charge is -2.37. The number of ether oxygens (including phenoxy) is 1. The molecule has 1 aliphatic heterocycles. The molecular weight excluding hydrogens is 288 g/mol. The SMILES string of the molecule is CCC(CC)(CNC(=O)C1(CN)CCOCC1)c1ccccc1. The molecule has 2 rings (SSSR count). The van der Waals surface area contributed by atoms with Crippen molar-refractivity contribution in [2.75, 3.05) is 26.3 Å². The van der Waals surface area contributed by atoms with Gasteiger partial charge in [-0.3, -0.25) is 4.79 Å². The van der Waals surface area contributed by atoms with E-state index in [1.165, 1.54) is 5.56 Å². The first-order valence-corrected chi connectivity index (χ1v) is 8.74. The van der Waals surface area contributed by atoms with E-state index in [9.17, 15) is 4.79 Å². The van der Waals surface area contributed by atoms with Gasteiger partial charge in [-0.25, -0.2) is 0 Å². The fourth-order valence-corrected chi connectivity index (χ4v) is 3.53. The van der Waals surface area contributed by atoms with Gasteiger partial charge < -0.3 is 15.8 Å². The summed E-state index contributed by atoms with van der Waals surface area (Å²) in [6, 6.07) is 10.5. The molecule has 0 radical (unpaired) electrons. The van der Waals surface area contributed by atoms with Crippen LogP contribution < -0.4 is 11.1 Å². The summed E-state index contributed by atoms with van der Waals surface area (Å²) in [6.45, 7) is 6.67. The van der Waals surface area contributed by atoms with Gasteiger partial charge in [-0.1, -0.05) is 44.2 Å². The lowest BCUT2D eigenvalue weighted by Crippen LogP contribution is -2.52. The Morgan fingerprint density at radius 1 is 1.22 bits per heavy atom.